The minimum absolute atomic E-state index is 0.0861. The third kappa shape index (κ3) is 6.12. The van der Waals surface area contributed by atoms with Crippen LogP contribution in [0.25, 0.3) is 0 Å². The third-order valence-corrected chi connectivity index (χ3v) is 3.20. The van der Waals surface area contributed by atoms with Crippen LogP contribution in [0.5, 0.6) is 11.5 Å². The molecule has 0 radical (unpaired) electrons. The van der Waals surface area contributed by atoms with Crippen molar-refractivity contribution < 1.29 is 24.4 Å². The van der Waals surface area contributed by atoms with Gasteiger partial charge in [-0.1, -0.05) is 5.16 Å². The highest BCUT2D eigenvalue weighted by atomic mass is 16.6. The third-order valence-electron chi connectivity index (χ3n) is 3.20. The van der Waals surface area contributed by atoms with E-state index in [0.717, 1.165) is 30.0 Å². The zero-order chi connectivity index (χ0) is 19.6. The van der Waals surface area contributed by atoms with Gasteiger partial charge in [-0.25, -0.2) is 5.43 Å². The molecule has 0 saturated carbocycles. The first-order valence-electron chi connectivity index (χ1n) is 7.58. The highest BCUT2D eigenvalue weighted by Gasteiger charge is 2.08. The number of carbonyl (C=O) groups excluding carboxylic acids is 1. The summed E-state index contributed by atoms with van der Waals surface area (Å²) in [6, 6.07) is 10.5. The number of nitro groups is 1. The second-order valence-electron chi connectivity index (χ2n) is 5.07. The van der Waals surface area contributed by atoms with Crippen LogP contribution < -0.4 is 10.2 Å². The monoisotopic (exact) mass is 372 g/mol. The van der Waals surface area contributed by atoms with Crippen molar-refractivity contribution in [1.82, 2.24) is 5.43 Å². The van der Waals surface area contributed by atoms with E-state index in [-0.39, 0.29) is 23.6 Å². The van der Waals surface area contributed by atoms with Crippen LogP contribution in [-0.2, 0) is 9.63 Å². The van der Waals surface area contributed by atoms with Crippen LogP contribution in [0.2, 0.25) is 0 Å². The number of methoxy groups -OCH3 is 1. The molecule has 0 bridgehead atoms. The van der Waals surface area contributed by atoms with Gasteiger partial charge < -0.3 is 14.7 Å². The second-order valence-corrected chi connectivity index (χ2v) is 5.07. The first-order chi connectivity index (χ1) is 13.0. The Hall–Kier alpha value is -3.95. The van der Waals surface area contributed by atoms with Crippen LogP contribution in [0.15, 0.2) is 52.7 Å². The maximum atomic E-state index is 11.6. The van der Waals surface area contributed by atoms with E-state index in [9.17, 15) is 20.0 Å². The number of phenols is 1. The number of hydrogen-bond acceptors (Lipinski definition) is 8. The minimum atomic E-state index is -0.607. The van der Waals surface area contributed by atoms with Crippen LogP contribution >= 0.6 is 0 Å². The molecule has 0 aliphatic carbocycles. The van der Waals surface area contributed by atoms with E-state index < -0.39 is 10.8 Å². The number of nitrogens with one attached hydrogen (secondary N) is 1. The zero-order valence-corrected chi connectivity index (χ0v) is 14.2. The van der Waals surface area contributed by atoms with Crippen molar-refractivity contribution in [2.45, 2.75) is 0 Å². The summed E-state index contributed by atoms with van der Waals surface area (Å²) in [7, 11) is 1.56. The van der Waals surface area contributed by atoms with Crippen LogP contribution in [0.1, 0.15) is 11.1 Å². The summed E-state index contributed by atoms with van der Waals surface area (Å²) < 4.78 is 5.03. The Labute approximate surface area is 153 Å². The normalized spacial score (nSPS) is 10.9. The van der Waals surface area contributed by atoms with Crippen LogP contribution in [0, 0.1) is 10.1 Å². The standard InChI is InChI=1S/C17H16N4O6/c1-26-15-5-2-12(3-6-15)9-19-27-11-17(23)20-18-10-13-8-14(21(24)25)4-7-16(13)22/h2-10,22H,11H2,1H3,(H,20,23)/b18-10+,19-9?. The summed E-state index contributed by atoms with van der Waals surface area (Å²) in [5.41, 5.74) is 2.79. The van der Waals surface area contributed by atoms with Gasteiger partial charge in [0.05, 0.1) is 24.5 Å². The fourth-order valence-corrected chi connectivity index (χ4v) is 1.85. The first kappa shape index (κ1) is 19.4. The first-order valence-corrected chi connectivity index (χ1v) is 7.58. The molecule has 0 aliphatic heterocycles. The SMILES string of the molecule is COc1ccc(C=NOCC(=O)N/N=C/c2cc([N+](=O)[O-])ccc2O)cc1. The smallest absolute Gasteiger partial charge is 0.280 e. The largest absolute Gasteiger partial charge is 0.507 e. The van der Waals surface area contributed by atoms with E-state index in [4.69, 9.17) is 9.57 Å². The number of oxime groups is 1. The van der Waals surface area contributed by atoms with Crippen molar-refractivity contribution >= 4 is 24.0 Å². The molecule has 0 heterocycles. The van der Waals surface area contributed by atoms with Gasteiger partial charge in [-0.05, 0) is 35.9 Å². The number of non-ortho nitro benzene ring substituents is 1. The fraction of sp³-hybridized carbons (Fsp3) is 0.118. The number of phenolic OH excluding ortho intramolecular Hbond substituents is 1. The van der Waals surface area contributed by atoms with Gasteiger partial charge >= 0.3 is 0 Å². The molecule has 0 aliphatic rings. The molecule has 27 heavy (non-hydrogen) atoms. The average Bonchev–Trinajstić information content (AvgIpc) is 2.67. The van der Waals surface area contributed by atoms with E-state index in [2.05, 4.69) is 15.7 Å². The van der Waals surface area contributed by atoms with Crippen LogP contribution in [-0.4, -0.2) is 42.1 Å². The lowest BCUT2D eigenvalue weighted by molar-refractivity contribution is -0.384. The van der Waals surface area contributed by atoms with Crippen molar-refractivity contribution in [3.05, 3.63) is 63.7 Å². The molecule has 140 valence electrons. The number of hydrogen-bond donors (Lipinski definition) is 2. The Bertz CT molecular complexity index is 864. The minimum Gasteiger partial charge on any atom is -0.507 e. The average molecular weight is 372 g/mol. The van der Waals surface area contributed by atoms with E-state index in [1.165, 1.54) is 6.21 Å². The number of carbonyl (C=O) groups is 1. The molecule has 1 amide bonds. The molecule has 2 aromatic carbocycles. The topological polar surface area (TPSA) is 136 Å². The number of rotatable bonds is 8. The summed E-state index contributed by atoms with van der Waals surface area (Å²) in [6.45, 7) is -0.384. The molecule has 0 spiro atoms. The molecule has 0 unspecified atom stereocenters. The highest BCUT2D eigenvalue weighted by molar-refractivity contribution is 5.86. The van der Waals surface area contributed by atoms with E-state index in [1.807, 2.05) is 0 Å². The highest BCUT2D eigenvalue weighted by Crippen LogP contribution is 2.21. The number of nitrogens with zero attached hydrogens (tertiary/aromatic N) is 3. The van der Waals surface area contributed by atoms with Gasteiger partial charge in [0, 0.05) is 17.7 Å². The molecule has 0 aromatic heterocycles. The van der Waals surface area contributed by atoms with E-state index in [1.54, 1.807) is 31.4 Å². The quantitative estimate of drug-likeness (QED) is 0.412. The van der Waals surface area contributed by atoms with Crippen molar-refractivity contribution in [3.8, 4) is 11.5 Å². The molecule has 0 fully saturated rings. The van der Waals surface area contributed by atoms with Gasteiger partial charge in [0.25, 0.3) is 11.6 Å². The lowest BCUT2D eigenvalue weighted by Gasteiger charge is -2.00. The van der Waals surface area contributed by atoms with Crippen LogP contribution in [0.4, 0.5) is 5.69 Å². The van der Waals surface area contributed by atoms with Gasteiger partial charge in [0.15, 0.2) is 6.61 Å². The Morgan fingerprint density at radius 3 is 2.67 bits per heavy atom. The van der Waals surface area contributed by atoms with Crippen molar-refractivity contribution in [2.24, 2.45) is 10.3 Å². The number of aromatic hydroxyl groups is 1. The van der Waals surface area contributed by atoms with Gasteiger partial charge in [-0.2, -0.15) is 5.10 Å². The Morgan fingerprint density at radius 1 is 1.26 bits per heavy atom. The predicted octanol–water partition coefficient (Wildman–Crippen LogP) is 1.81. The Kier molecular flexibility index (Phi) is 6.83. The molecular weight excluding hydrogens is 356 g/mol. The maximum Gasteiger partial charge on any atom is 0.280 e. The molecule has 10 nitrogen and oxygen atoms in total. The summed E-state index contributed by atoms with van der Waals surface area (Å²) in [5, 5.41) is 27.6. The molecule has 2 N–H and O–H groups in total. The predicted molar refractivity (Wildman–Crippen MR) is 97.0 cm³/mol. The Morgan fingerprint density at radius 2 is 2.00 bits per heavy atom. The van der Waals surface area contributed by atoms with E-state index >= 15 is 0 Å². The second kappa shape index (κ2) is 9.51. The fourth-order valence-electron chi connectivity index (χ4n) is 1.85. The molecular formula is C17H16N4O6. The lowest BCUT2D eigenvalue weighted by Crippen LogP contribution is -2.22. The lowest BCUT2D eigenvalue weighted by atomic mass is 10.2. The van der Waals surface area contributed by atoms with Crippen molar-refractivity contribution in [2.75, 3.05) is 13.7 Å². The summed E-state index contributed by atoms with van der Waals surface area (Å²) >= 11 is 0. The van der Waals surface area contributed by atoms with Gasteiger partial charge in [0.2, 0.25) is 0 Å². The summed E-state index contributed by atoms with van der Waals surface area (Å²) in [4.78, 5) is 26.5. The maximum absolute atomic E-state index is 11.6. The summed E-state index contributed by atoms with van der Waals surface area (Å²) in [6.07, 6.45) is 2.51. The van der Waals surface area contributed by atoms with Crippen LogP contribution in [0.3, 0.4) is 0 Å². The number of ether oxygens (including phenoxy) is 1. The van der Waals surface area contributed by atoms with Gasteiger partial charge in [-0.15, -0.1) is 0 Å². The van der Waals surface area contributed by atoms with Crippen molar-refractivity contribution in [1.29, 1.82) is 0 Å². The summed E-state index contributed by atoms with van der Waals surface area (Å²) in [5.74, 6) is -0.0953. The number of nitro benzene ring substituents is 1. The van der Waals surface area contributed by atoms with Crippen molar-refractivity contribution in [3.63, 3.8) is 0 Å². The molecule has 10 heteroatoms. The van der Waals surface area contributed by atoms with E-state index in [0.29, 0.717) is 5.75 Å². The zero-order valence-electron chi connectivity index (χ0n) is 14.2. The molecule has 0 atom stereocenters. The molecule has 0 saturated heterocycles. The number of amides is 1. The molecule has 2 rings (SSSR count). The van der Waals surface area contributed by atoms with Gasteiger partial charge in [0.1, 0.15) is 11.5 Å². The number of hydrazone groups is 1. The Balaban J connectivity index is 1.80. The number of benzene rings is 2. The molecule has 2 aromatic rings. The van der Waals surface area contributed by atoms with Gasteiger partial charge in [-0.3, -0.25) is 14.9 Å².